The summed E-state index contributed by atoms with van der Waals surface area (Å²) in [7, 11) is 0. The molecule has 0 atom stereocenters. The van der Waals surface area contributed by atoms with Gasteiger partial charge >= 0.3 is 0 Å². The number of ether oxygens (including phenoxy) is 1. The highest BCUT2D eigenvalue weighted by atomic mass is 16.5. The summed E-state index contributed by atoms with van der Waals surface area (Å²) in [4.78, 5) is 2.26. The van der Waals surface area contributed by atoms with Crippen LogP contribution in [-0.2, 0) is 0 Å². The molecule has 0 saturated carbocycles. The number of hydrogen-bond acceptors (Lipinski definition) is 3. The first-order valence-electron chi connectivity index (χ1n) is 6.30. The molecule has 2 rings (SSSR count). The molecule has 0 bridgehead atoms. The van der Waals surface area contributed by atoms with Gasteiger partial charge in [-0.15, -0.1) is 0 Å². The van der Waals surface area contributed by atoms with Crippen molar-refractivity contribution in [2.24, 2.45) is 0 Å². The molecule has 1 aliphatic rings. The van der Waals surface area contributed by atoms with E-state index in [0.29, 0.717) is 0 Å². The predicted octanol–water partition coefficient (Wildman–Crippen LogP) is 3.13. The van der Waals surface area contributed by atoms with Crippen LogP contribution in [0.15, 0.2) is 35.9 Å². The molecular formula is C15H18N2O. The van der Waals surface area contributed by atoms with Crippen LogP contribution in [0, 0.1) is 11.3 Å². The third-order valence-corrected chi connectivity index (χ3v) is 2.93. The highest BCUT2D eigenvalue weighted by Crippen LogP contribution is 2.23. The molecule has 94 valence electrons. The van der Waals surface area contributed by atoms with Gasteiger partial charge in [-0.25, -0.2) is 0 Å². The van der Waals surface area contributed by atoms with Crippen LogP contribution in [0.2, 0.25) is 0 Å². The van der Waals surface area contributed by atoms with Gasteiger partial charge in [0.2, 0.25) is 0 Å². The summed E-state index contributed by atoms with van der Waals surface area (Å²) in [6.07, 6.45) is 3.04. The molecule has 0 aromatic heterocycles. The van der Waals surface area contributed by atoms with Gasteiger partial charge in [-0.05, 0) is 44.5 Å². The second kappa shape index (κ2) is 5.59. The fourth-order valence-electron chi connectivity index (χ4n) is 2.01. The van der Waals surface area contributed by atoms with Gasteiger partial charge in [0.1, 0.15) is 5.75 Å². The molecule has 1 heterocycles. The molecule has 1 aromatic carbocycles. The largest absolute Gasteiger partial charge is 0.491 e. The fourth-order valence-corrected chi connectivity index (χ4v) is 2.01. The number of nitrogens with zero attached hydrogens (tertiary/aromatic N) is 2. The van der Waals surface area contributed by atoms with Crippen LogP contribution in [-0.4, -0.2) is 19.2 Å². The van der Waals surface area contributed by atoms with E-state index in [9.17, 15) is 0 Å². The van der Waals surface area contributed by atoms with Crippen LogP contribution in [0.25, 0.3) is 0 Å². The average molecular weight is 242 g/mol. The molecule has 0 saturated heterocycles. The van der Waals surface area contributed by atoms with Gasteiger partial charge in [0.05, 0.1) is 12.2 Å². The van der Waals surface area contributed by atoms with E-state index in [1.54, 1.807) is 0 Å². The van der Waals surface area contributed by atoms with E-state index in [1.807, 2.05) is 32.1 Å². The fraction of sp³-hybridized carbons (Fsp3) is 0.400. The van der Waals surface area contributed by atoms with Crippen molar-refractivity contribution in [3.8, 4) is 11.8 Å². The third kappa shape index (κ3) is 3.04. The first-order valence-corrected chi connectivity index (χ1v) is 6.30. The van der Waals surface area contributed by atoms with Crippen molar-refractivity contribution in [2.75, 3.05) is 18.0 Å². The van der Waals surface area contributed by atoms with Crippen molar-refractivity contribution in [3.05, 3.63) is 35.9 Å². The Morgan fingerprint density at radius 2 is 2.00 bits per heavy atom. The second-order valence-corrected chi connectivity index (χ2v) is 4.70. The minimum absolute atomic E-state index is 0.201. The van der Waals surface area contributed by atoms with Crippen molar-refractivity contribution >= 4 is 5.69 Å². The first-order chi connectivity index (χ1) is 8.69. The Morgan fingerprint density at radius 1 is 1.28 bits per heavy atom. The predicted molar refractivity (Wildman–Crippen MR) is 72.7 cm³/mol. The normalized spacial score (nSPS) is 15.2. The molecule has 0 unspecified atom stereocenters. The number of benzene rings is 1. The van der Waals surface area contributed by atoms with Gasteiger partial charge < -0.3 is 9.64 Å². The summed E-state index contributed by atoms with van der Waals surface area (Å²) >= 11 is 0. The van der Waals surface area contributed by atoms with Crippen molar-refractivity contribution in [1.82, 2.24) is 0 Å². The number of hydrogen-bond donors (Lipinski definition) is 0. The molecule has 0 spiro atoms. The van der Waals surface area contributed by atoms with Gasteiger partial charge in [0, 0.05) is 24.4 Å². The van der Waals surface area contributed by atoms with Crippen LogP contribution in [0.5, 0.6) is 5.75 Å². The Bertz CT molecular complexity index is 468. The van der Waals surface area contributed by atoms with Crippen LogP contribution in [0.1, 0.15) is 20.3 Å². The summed E-state index contributed by atoms with van der Waals surface area (Å²) in [6, 6.07) is 10.4. The van der Waals surface area contributed by atoms with Gasteiger partial charge in [-0.1, -0.05) is 6.08 Å². The van der Waals surface area contributed by atoms with Crippen molar-refractivity contribution in [2.45, 2.75) is 26.4 Å². The standard InChI is InChI=1S/C15H18N2O/c1-12(2)18-15-5-3-14(4-6-15)17-9-7-13(11-16)8-10-17/h3-7,12H,8-10H2,1-2H3. The molecular weight excluding hydrogens is 224 g/mol. The minimum Gasteiger partial charge on any atom is -0.491 e. The maximum Gasteiger partial charge on any atom is 0.119 e. The molecule has 18 heavy (non-hydrogen) atoms. The summed E-state index contributed by atoms with van der Waals surface area (Å²) < 4.78 is 5.62. The van der Waals surface area contributed by atoms with E-state index in [4.69, 9.17) is 10.00 Å². The Kier molecular flexibility index (Phi) is 3.88. The lowest BCUT2D eigenvalue weighted by Gasteiger charge is -2.27. The number of anilines is 1. The SMILES string of the molecule is CC(C)Oc1ccc(N2CC=C(C#N)CC2)cc1. The van der Waals surface area contributed by atoms with Crippen molar-refractivity contribution in [3.63, 3.8) is 0 Å². The van der Waals surface area contributed by atoms with Crippen LogP contribution < -0.4 is 9.64 Å². The summed E-state index contributed by atoms with van der Waals surface area (Å²) in [5.41, 5.74) is 2.07. The average Bonchev–Trinajstić information content (AvgIpc) is 2.39. The molecule has 1 aliphatic heterocycles. The monoisotopic (exact) mass is 242 g/mol. The minimum atomic E-state index is 0.201. The molecule has 3 heteroatoms. The lowest BCUT2D eigenvalue weighted by molar-refractivity contribution is 0.242. The van der Waals surface area contributed by atoms with E-state index in [0.717, 1.165) is 30.8 Å². The lowest BCUT2D eigenvalue weighted by Crippen LogP contribution is -2.28. The molecule has 0 fully saturated rings. The van der Waals surface area contributed by atoms with Gasteiger partial charge in [-0.2, -0.15) is 5.26 Å². The Hall–Kier alpha value is -1.95. The highest BCUT2D eigenvalue weighted by molar-refractivity contribution is 5.51. The molecule has 3 nitrogen and oxygen atoms in total. The van der Waals surface area contributed by atoms with Crippen LogP contribution >= 0.6 is 0 Å². The number of nitriles is 1. The van der Waals surface area contributed by atoms with Gasteiger partial charge in [-0.3, -0.25) is 0 Å². The zero-order valence-electron chi connectivity index (χ0n) is 10.9. The number of rotatable bonds is 3. The van der Waals surface area contributed by atoms with E-state index < -0.39 is 0 Å². The summed E-state index contributed by atoms with van der Waals surface area (Å²) in [6.45, 7) is 5.76. The van der Waals surface area contributed by atoms with Crippen LogP contribution in [0.3, 0.4) is 0 Å². The Balaban J connectivity index is 2.03. The molecule has 0 N–H and O–H groups in total. The molecule has 1 aromatic rings. The van der Waals surface area contributed by atoms with Gasteiger partial charge in [0.15, 0.2) is 0 Å². The van der Waals surface area contributed by atoms with E-state index in [2.05, 4.69) is 23.1 Å². The highest BCUT2D eigenvalue weighted by Gasteiger charge is 2.11. The molecule has 0 aliphatic carbocycles. The third-order valence-electron chi connectivity index (χ3n) is 2.93. The van der Waals surface area contributed by atoms with Crippen LogP contribution in [0.4, 0.5) is 5.69 Å². The van der Waals surface area contributed by atoms with E-state index >= 15 is 0 Å². The summed E-state index contributed by atoms with van der Waals surface area (Å²) in [5.74, 6) is 0.902. The maximum atomic E-state index is 8.81. The van der Waals surface area contributed by atoms with Gasteiger partial charge in [0.25, 0.3) is 0 Å². The van der Waals surface area contributed by atoms with Crippen molar-refractivity contribution < 1.29 is 4.74 Å². The smallest absolute Gasteiger partial charge is 0.119 e. The Labute approximate surface area is 108 Å². The van der Waals surface area contributed by atoms with E-state index in [-0.39, 0.29) is 6.10 Å². The Morgan fingerprint density at radius 3 is 2.50 bits per heavy atom. The quantitative estimate of drug-likeness (QED) is 0.817. The zero-order valence-corrected chi connectivity index (χ0v) is 10.9. The second-order valence-electron chi connectivity index (χ2n) is 4.70. The van der Waals surface area contributed by atoms with E-state index in [1.165, 1.54) is 5.69 Å². The molecule has 0 radical (unpaired) electrons. The zero-order chi connectivity index (χ0) is 13.0. The lowest BCUT2D eigenvalue weighted by atomic mass is 10.1. The first kappa shape index (κ1) is 12.5. The topological polar surface area (TPSA) is 36.3 Å². The maximum absolute atomic E-state index is 8.81. The van der Waals surface area contributed by atoms with Crippen molar-refractivity contribution in [1.29, 1.82) is 5.26 Å². The molecule has 0 amide bonds. The summed E-state index contributed by atoms with van der Waals surface area (Å²) in [5, 5.41) is 8.81.